The van der Waals surface area contributed by atoms with E-state index in [9.17, 15) is 13.2 Å². The molecule has 0 fully saturated rings. The molecule has 0 saturated heterocycles. The van der Waals surface area contributed by atoms with Crippen molar-refractivity contribution >= 4 is 38.4 Å². The fourth-order valence-corrected chi connectivity index (χ4v) is 5.72. The summed E-state index contributed by atoms with van der Waals surface area (Å²) in [6.07, 6.45) is 5.58. The Bertz CT molecular complexity index is 1710. The zero-order valence-corrected chi connectivity index (χ0v) is 21.7. The minimum absolute atomic E-state index is 0.0199. The summed E-state index contributed by atoms with van der Waals surface area (Å²) in [5.41, 5.74) is 3.27. The van der Waals surface area contributed by atoms with E-state index in [4.69, 9.17) is 11.6 Å². The zero-order chi connectivity index (χ0) is 26.5. The minimum Gasteiger partial charge on any atom is -0.329 e. The van der Waals surface area contributed by atoms with Gasteiger partial charge in [-0.2, -0.15) is 0 Å². The first-order valence-corrected chi connectivity index (χ1v) is 13.7. The van der Waals surface area contributed by atoms with Gasteiger partial charge in [0.05, 0.1) is 16.8 Å². The van der Waals surface area contributed by atoms with Crippen molar-refractivity contribution in [3.8, 4) is 11.1 Å². The molecule has 5 rings (SSSR count). The van der Waals surface area contributed by atoms with E-state index < -0.39 is 22.1 Å². The van der Waals surface area contributed by atoms with E-state index in [0.717, 1.165) is 27.5 Å². The highest BCUT2D eigenvalue weighted by atomic mass is 35.5. The molecule has 0 unspecified atom stereocenters. The van der Waals surface area contributed by atoms with Crippen LogP contribution in [0.25, 0.3) is 21.9 Å². The number of hydrogen-bond acceptors (Lipinski definition) is 5. The molecule has 38 heavy (non-hydrogen) atoms. The Balaban J connectivity index is 1.50. The molecule has 1 atom stereocenters. The number of hydrogen-bond donors (Lipinski definition) is 2. The van der Waals surface area contributed by atoms with E-state index in [2.05, 4.69) is 20.0 Å². The van der Waals surface area contributed by atoms with E-state index in [1.165, 1.54) is 18.2 Å². The first-order chi connectivity index (χ1) is 18.4. The number of urea groups is 1. The van der Waals surface area contributed by atoms with Crippen molar-refractivity contribution in [2.45, 2.75) is 17.4 Å². The van der Waals surface area contributed by atoms with Crippen LogP contribution in [0.5, 0.6) is 0 Å². The summed E-state index contributed by atoms with van der Waals surface area (Å²) in [6.45, 7) is 0. The molecule has 0 saturated carbocycles. The van der Waals surface area contributed by atoms with Gasteiger partial charge in [0.15, 0.2) is 0 Å². The van der Waals surface area contributed by atoms with Crippen LogP contribution in [-0.2, 0) is 16.4 Å². The lowest BCUT2D eigenvalue weighted by atomic mass is 9.94. The van der Waals surface area contributed by atoms with Crippen molar-refractivity contribution in [1.82, 2.24) is 20.0 Å². The average Bonchev–Trinajstić information content (AvgIpc) is 2.93. The molecule has 2 aromatic heterocycles. The lowest BCUT2D eigenvalue weighted by Crippen LogP contribution is -2.42. The first kappa shape index (κ1) is 25.4. The topological polar surface area (TPSA) is 101 Å². The van der Waals surface area contributed by atoms with Gasteiger partial charge in [-0.1, -0.05) is 72.3 Å². The number of rotatable bonds is 7. The summed E-state index contributed by atoms with van der Waals surface area (Å²) in [7, 11) is -4.20. The number of halogens is 1. The van der Waals surface area contributed by atoms with E-state index in [-0.39, 0.29) is 9.92 Å². The molecule has 0 radical (unpaired) electrons. The number of aromatic nitrogens is 2. The minimum atomic E-state index is -4.20. The van der Waals surface area contributed by atoms with Gasteiger partial charge in [-0.05, 0) is 53.3 Å². The van der Waals surface area contributed by atoms with Crippen LogP contribution < -0.4 is 10.0 Å². The van der Waals surface area contributed by atoms with Crippen LogP contribution in [0.2, 0.25) is 5.02 Å². The Morgan fingerprint density at radius 1 is 0.868 bits per heavy atom. The quantitative estimate of drug-likeness (QED) is 0.266. The Morgan fingerprint density at radius 2 is 1.66 bits per heavy atom. The Labute approximate surface area is 225 Å². The normalized spacial score (nSPS) is 12.1. The number of sulfonamides is 1. The van der Waals surface area contributed by atoms with E-state index in [0.29, 0.717) is 12.1 Å². The largest absolute Gasteiger partial charge is 0.329 e. The highest BCUT2D eigenvalue weighted by Crippen LogP contribution is 2.31. The molecule has 0 aliphatic rings. The second kappa shape index (κ2) is 11.0. The van der Waals surface area contributed by atoms with Gasteiger partial charge >= 0.3 is 6.03 Å². The summed E-state index contributed by atoms with van der Waals surface area (Å²) >= 11 is 6.07. The zero-order valence-electron chi connectivity index (χ0n) is 20.1. The van der Waals surface area contributed by atoms with Crippen molar-refractivity contribution in [1.29, 1.82) is 0 Å². The molecule has 0 aliphatic heterocycles. The van der Waals surface area contributed by atoms with Crippen LogP contribution in [0, 0.1) is 0 Å². The van der Waals surface area contributed by atoms with Crippen LogP contribution in [-0.4, -0.2) is 24.4 Å². The van der Waals surface area contributed by atoms with Crippen molar-refractivity contribution in [2.24, 2.45) is 0 Å². The molecule has 0 spiro atoms. The second-order valence-corrected chi connectivity index (χ2v) is 10.7. The van der Waals surface area contributed by atoms with E-state index >= 15 is 0 Å². The smallest absolute Gasteiger partial charge is 0.329 e. The lowest BCUT2D eigenvalue weighted by molar-refractivity contribution is 0.242. The monoisotopic (exact) mass is 542 g/mol. The predicted molar refractivity (Wildman–Crippen MR) is 148 cm³/mol. The van der Waals surface area contributed by atoms with Crippen molar-refractivity contribution < 1.29 is 13.2 Å². The molecule has 0 bridgehead atoms. The number of benzene rings is 3. The maximum Gasteiger partial charge on any atom is 0.329 e. The maximum atomic E-state index is 13.1. The van der Waals surface area contributed by atoms with Gasteiger partial charge in [0.25, 0.3) is 10.0 Å². The van der Waals surface area contributed by atoms with Gasteiger partial charge in [0, 0.05) is 29.5 Å². The number of fused-ring (bicyclic) bond motifs is 1. The molecule has 7 nitrogen and oxygen atoms in total. The molecule has 2 N–H and O–H groups in total. The SMILES string of the molecule is O=C(N[C@H](Cc1ccccc1)c1ncccc1-c1ccc2ccncc2c1)NS(=O)(=O)c1ccccc1Cl. The van der Waals surface area contributed by atoms with Crippen molar-refractivity contribution in [3.05, 3.63) is 126 Å². The Hall–Kier alpha value is -4.27. The fourth-order valence-electron chi connectivity index (χ4n) is 4.29. The molecular formula is C29H23ClN4O3S. The fraction of sp³-hybridized carbons (Fsp3) is 0.0690. The third-order valence-electron chi connectivity index (χ3n) is 6.06. The van der Waals surface area contributed by atoms with E-state index in [1.54, 1.807) is 24.7 Å². The molecule has 2 heterocycles. The van der Waals surface area contributed by atoms with Gasteiger partial charge in [0.1, 0.15) is 4.90 Å². The molecule has 0 aliphatic carbocycles. The molecular weight excluding hydrogens is 520 g/mol. The standard InChI is InChI=1S/C29H23ClN4O3S/c30-25-10-4-5-11-27(25)38(36,37)34-29(35)33-26(17-20-7-2-1-3-8-20)28-24(9-6-15-32-28)22-13-12-21-14-16-31-19-23(21)18-22/h1-16,18-19,26H,17H2,(H2,33,34,35)/t26-/m1/s1. The Morgan fingerprint density at radius 3 is 2.47 bits per heavy atom. The number of pyridine rings is 2. The summed E-state index contributed by atoms with van der Waals surface area (Å²) in [4.78, 5) is 21.7. The maximum absolute atomic E-state index is 13.1. The molecule has 5 aromatic rings. The molecule has 9 heteroatoms. The average molecular weight is 543 g/mol. The van der Waals surface area contributed by atoms with Crippen molar-refractivity contribution in [2.75, 3.05) is 0 Å². The van der Waals surface area contributed by atoms with Crippen LogP contribution in [0.15, 0.2) is 114 Å². The highest BCUT2D eigenvalue weighted by molar-refractivity contribution is 7.90. The highest BCUT2D eigenvalue weighted by Gasteiger charge is 2.25. The number of carbonyl (C=O) groups excluding carboxylic acids is 1. The third-order valence-corrected chi connectivity index (χ3v) is 7.89. The van der Waals surface area contributed by atoms with Gasteiger partial charge in [-0.25, -0.2) is 17.9 Å². The lowest BCUT2D eigenvalue weighted by Gasteiger charge is -2.22. The summed E-state index contributed by atoms with van der Waals surface area (Å²) in [5, 5.41) is 4.87. The molecule has 190 valence electrons. The number of amides is 2. The van der Waals surface area contributed by atoms with Crippen LogP contribution in [0.4, 0.5) is 4.79 Å². The third kappa shape index (κ3) is 5.66. The van der Waals surface area contributed by atoms with Gasteiger partial charge in [-0.15, -0.1) is 0 Å². The number of carbonyl (C=O) groups is 1. The molecule has 3 aromatic carbocycles. The van der Waals surface area contributed by atoms with Crippen LogP contribution >= 0.6 is 11.6 Å². The van der Waals surface area contributed by atoms with Gasteiger partial charge in [0.2, 0.25) is 0 Å². The van der Waals surface area contributed by atoms with Crippen LogP contribution in [0.3, 0.4) is 0 Å². The van der Waals surface area contributed by atoms with Gasteiger partial charge in [-0.3, -0.25) is 9.97 Å². The Kier molecular flexibility index (Phi) is 7.35. The first-order valence-electron chi connectivity index (χ1n) is 11.8. The summed E-state index contributed by atoms with van der Waals surface area (Å²) in [5.74, 6) is 0. The van der Waals surface area contributed by atoms with Crippen LogP contribution in [0.1, 0.15) is 17.3 Å². The van der Waals surface area contributed by atoms with Crippen molar-refractivity contribution in [3.63, 3.8) is 0 Å². The van der Waals surface area contributed by atoms with E-state index in [1.807, 2.05) is 66.7 Å². The summed E-state index contributed by atoms with van der Waals surface area (Å²) in [6, 6.07) is 25.7. The number of nitrogens with zero attached hydrogens (tertiary/aromatic N) is 2. The predicted octanol–water partition coefficient (Wildman–Crippen LogP) is 5.92. The summed E-state index contributed by atoms with van der Waals surface area (Å²) < 4.78 is 27.8. The molecule has 2 amide bonds. The second-order valence-electron chi connectivity index (χ2n) is 8.63. The van der Waals surface area contributed by atoms with Gasteiger partial charge < -0.3 is 5.32 Å². The number of nitrogens with one attached hydrogen (secondary N) is 2.